The van der Waals surface area contributed by atoms with Crippen LogP contribution in [0.2, 0.25) is 0 Å². The first-order chi connectivity index (χ1) is 8.61. The molecule has 0 radical (unpaired) electrons. The minimum atomic E-state index is 0.503. The summed E-state index contributed by atoms with van der Waals surface area (Å²) in [5, 5.41) is 0. The molecule has 2 aromatic rings. The summed E-state index contributed by atoms with van der Waals surface area (Å²) >= 11 is 0. The molecule has 1 heterocycles. The summed E-state index contributed by atoms with van der Waals surface area (Å²) in [5.74, 6) is 1.20. The van der Waals surface area contributed by atoms with Gasteiger partial charge in [-0.2, -0.15) is 0 Å². The van der Waals surface area contributed by atoms with Crippen molar-refractivity contribution < 1.29 is 4.42 Å². The van der Waals surface area contributed by atoms with Crippen molar-refractivity contribution in [3.8, 4) is 11.5 Å². The van der Waals surface area contributed by atoms with Gasteiger partial charge in [0.2, 0.25) is 5.89 Å². The molecule has 1 aromatic carbocycles. The predicted octanol–water partition coefficient (Wildman–Crippen LogP) is 3.27. The second-order valence-electron chi connectivity index (χ2n) is 4.91. The molecule has 0 atom stereocenters. The van der Waals surface area contributed by atoms with Gasteiger partial charge in [0, 0.05) is 12.0 Å². The van der Waals surface area contributed by atoms with Gasteiger partial charge in [-0.15, -0.1) is 0 Å². The zero-order valence-corrected chi connectivity index (χ0v) is 11.2. The molecule has 0 saturated carbocycles. The third kappa shape index (κ3) is 2.62. The monoisotopic (exact) mass is 244 g/mol. The van der Waals surface area contributed by atoms with Crippen LogP contribution in [-0.4, -0.2) is 11.5 Å². The Morgan fingerprint density at radius 3 is 2.78 bits per heavy atom. The summed E-state index contributed by atoms with van der Waals surface area (Å²) in [6, 6.07) is 6.45. The molecule has 2 N–H and O–H groups in total. The Kier molecular flexibility index (Phi) is 3.82. The van der Waals surface area contributed by atoms with Crippen LogP contribution < -0.4 is 5.73 Å². The van der Waals surface area contributed by atoms with Crippen LogP contribution in [0.15, 0.2) is 28.9 Å². The summed E-state index contributed by atoms with van der Waals surface area (Å²) in [6.07, 6.45) is 2.45. The first-order valence-electron chi connectivity index (χ1n) is 6.37. The highest BCUT2D eigenvalue weighted by molar-refractivity contribution is 5.60. The molecule has 0 amide bonds. The fourth-order valence-electron chi connectivity index (χ4n) is 1.92. The molecular weight excluding hydrogens is 224 g/mol. The second kappa shape index (κ2) is 5.36. The number of nitrogens with zero attached hydrogens (tertiary/aromatic N) is 1. The summed E-state index contributed by atoms with van der Waals surface area (Å²) in [5.41, 5.74) is 9.99. The van der Waals surface area contributed by atoms with E-state index in [1.54, 1.807) is 6.26 Å². The highest BCUT2D eigenvalue weighted by Gasteiger charge is 2.11. The highest BCUT2D eigenvalue weighted by atomic mass is 16.3. The van der Waals surface area contributed by atoms with Crippen LogP contribution in [-0.2, 0) is 6.42 Å². The largest absolute Gasteiger partial charge is 0.444 e. The summed E-state index contributed by atoms with van der Waals surface area (Å²) in [7, 11) is 0. The maximum Gasteiger partial charge on any atom is 0.226 e. The first-order valence-corrected chi connectivity index (χ1v) is 6.37. The minimum absolute atomic E-state index is 0.503. The smallest absolute Gasteiger partial charge is 0.226 e. The van der Waals surface area contributed by atoms with Crippen LogP contribution in [0.25, 0.3) is 11.5 Å². The van der Waals surface area contributed by atoms with Crippen LogP contribution in [0.3, 0.4) is 0 Å². The lowest BCUT2D eigenvalue weighted by atomic mass is 9.98. The Morgan fingerprint density at radius 2 is 2.11 bits per heavy atom. The molecule has 0 spiro atoms. The average molecular weight is 244 g/mol. The lowest BCUT2D eigenvalue weighted by Gasteiger charge is -2.08. The lowest BCUT2D eigenvalue weighted by molar-refractivity contribution is 0.572. The molecule has 1 aromatic heterocycles. The average Bonchev–Trinajstić information content (AvgIpc) is 2.78. The molecule has 0 fully saturated rings. The van der Waals surface area contributed by atoms with Crippen LogP contribution >= 0.6 is 0 Å². The third-order valence-electron chi connectivity index (χ3n) is 3.11. The Labute approximate surface area is 108 Å². The van der Waals surface area contributed by atoms with Gasteiger partial charge in [-0.25, -0.2) is 4.98 Å². The van der Waals surface area contributed by atoms with E-state index in [1.165, 1.54) is 11.1 Å². The van der Waals surface area contributed by atoms with Gasteiger partial charge in [-0.1, -0.05) is 26.0 Å². The number of benzene rings is 1. The van der Waals surface area contributed by atoms with E-state index in [2.05, 4.69) is 44.0 Å². The molecule has 0 bridgehead atoms. The van der Waals surface area contributed by atoms with Gasteiger partial charge in [0.05, 0.1) is 5.69 Å². The SMILES string of the molecule is Cc1ccc(C(C)C)cc1-c1nc(CCN)co1. The van der Waals surface area contributed by atoms with Crippen molar-refractivity contribution in [1.29, 1.82) is 0 Å². The Balaban J connectivity index is 2.38. The van der Waals surface area contributed by atoms with E-state index < -0.39 is 0 Å². The number of aryl methyl sites for hydroxylation is 1. The van der Waals surface area contributed by atoms with E-state index in [4.69, 9.17) is 10.2 Å². The molecule has 0 aliphatic heterocycles. The van der Waals surface area contributed by atoms with E-state index in [0.29, 0.717) is 18.4 Å². The van der Waals surface area contributed by atoms with Gasteiger partial charge in [0.15, 0.2) is 0 Å². The molecule has 2 rings (SSSR count). The molecule has 18 heavy (non-hydrogen) atoms. The van der Waals surface area contributed by atoms with Gasteiger partial charge in [0.25, 0.3) is 0 Å². The Morgan fingerprint density at radius 1 is 1.33 bits per heavy atom. The molecule has 3 heteroatoms. The van der Waals surface area contributed by atoms with Crippen molar-refractivity contribution in [1.82, 2.24) is 4.98 Å². The summed E-state index contributed by atoms with van der Waals surface area (Å²) in [4.78, 5) is 4.48. The van der Waals surface area contributed by atoms with Gasteiger partial charge in [-0.05, 0) is 36.6 Å². The number of hydrogen-bond donors (Lipinski definition) is 1. The topological polar surface area (TPSA) is 52.0 Å². The quantitative estimate of drug-likeness (QED) is 0.898. The molecule has 96 valence electrons. The number of oxazole rings is 1. The Bertz CT molecular complexity index is 529. The van der Waals surface area contributed by atoms with Gasteiger partial charge < -0.3 is 10.2 Å². The lowest BCUT2D eigenvalue weighted by Crippen LogP contribution is -2.02. The van der Waals surface area contributed by atoms with Crippen molar-refractivity contribution in [2.75, 3.05) is 6.54 Å². The number of aromatic nitrogens is 1. The fourth-order valence-corrected chi connectivity index (χ4v) is 1.92. The maximum absolute atomic E-state index is 5.55. The molecular formula is C15H20N2O. The van der Waals surface area contributed by atoms with Crippen LogP contribution in [0, 0.1) is 6.92 Å². The van der Waals surface area contributed by atoms with E-state index in [9.17, 15) is 0 Å². The van der Waals surface area contributed by atoms with E-state index >= 15 is 0 Å². The van der Waals surface area contributed by atoms with Gasteiger partial charge in [0.1, 0.15) is 6.26 Å². The number of rotatable bonds is 4. The normalized spacial score (nSPS) is 11.2. The molecule has 0 saturated heterocycles. The zero-order chi connectivity index (χ0) is 13.1. The highest BCUT2D eigenvalue weighted by Crippen LogP contribution is 2.27. The number of hydrogen-bond acceptors (Lipinski definition) is 3. The molecule has 0 aliphatic rings. The first kappa shape index (κ1) is 12.8. The molecule has 0 aliphatic carbocycles. The van der Waals surface area contributed by atoms with E-state index in [1.807, 2.05) is 0 Å². The minimum Gasteiger partial charge on any atom is -0.444 e. The van der Waals surface area contributed by atoms with Crippen LogP contribution in [0.5, 0.6) is 0 Å². The predicted molar refractivity (Wildman–Crippen MR) is 73.5 cm³/mol. The standard InChI is InChI=1S/C15H20N2O/c1-10(2)12-5-4-11(3)14(8-12)15-17-13(6-7-16)9-18-15/h4-5,8-10H,6-7,16H2,1-3H3. The summed E-state index contributed by atoms with van der Waals surface area (Å²) < 4.78 is 5.55. The maximum atomic E-state index is 5.55. The summed E-state index contributed by atoms with van der Waals surface area (Å²) in [6.45, 7) is 7.04. The van der Waals surface area contributed by atoms with Crippen molar-refractivity contribution in [3.63, 3.8) is 0 Å². The van der Waals surface area contributed by atoms with Crippen molar-refractivity contribution in [2.45, 2.75) is 33.1 Å². The molecule has 3 nitrogen and oxygen atoms in total. The molecule has 0 unspecified atom stereocenters. The van der Waals surface area contributed by atoms with Crippen molar-refractivity contribution >= 4 is 0 Å². The Hall–Kier alpha value is -1.61. The van der Waals surface area contributed by atoms with Gasteiger partial charge >= 0.3 is 0 Å². The van der Waals surface area contributed by atoms with Crippen LogP contribution in [0.4, 0.5) is 0 Å². The van der Waals surface area contributed by atoms with Crippen molar-refractivity contribution in [2.24, 2.45) is 5.73 Å². The fraction of sp³-hybridized carbons (Fsp3) is 0.400. The second-order valence-corrected chi connectivity index (χ2v) is 4.91. The number of nitrogens with two attached hydrogens (primary N) is 1. The van der Waals surface area contributed by atoms with E-state index in [-0.39, 0.29) is 0 Å². The zero-order valence-electron chi connectivity index (χ0n) is 11.2. The van der Waals surface area contributed by atoms with E-state index in [0.717, 1.165) is 17.7 Å². The van der Waals surface area contributed by atoms with Gasteiger partial charge in [-0.3, -0.25) is 0 Å². The van der Waals surface area contributed by atoms with Crippen molar-refractivity contribution in [3.05, 3.63) is 41.3 Å². The van der Waals surface area contributed by atoms with Crippen LogP contribution in [0.1, 0.15) is 36.6 Å². The third-order valence-corrected chi connectivity index (χ3v) is 3.11.